The lowest BCUT2D eigenvalue weighted by Gasteiger charge is -2.08. The van der Waals surface area contributed by atoms with Gasteiger partial charge >= 0.3 is 5.97 Å². The van der Waals surface area contributed by atoms with Crippen LogP contribution < -0.4 is 4.74 Å². The van der Waals surface area contributed by atoms with Gasteiger partial charge < -0.3 is 9.47 Å². The first kappa shape index (κ1) is 17.9. The third kappa shape index (κ3) is 4.18. The summed E-state index contributed by atoms with van der Waals surface area (Å²) in [5.74, 6) is 0.0783. The maximum Gasteiger partial charge on any atom is 0.360 e. The first-order valence-corrected chi connectivity index (χ1v) is 8.47. The summed E-state index contributed by atoms with van der Waals surface area (Å²) in [7, 11) is 0. The summed E-state index contributed by atoms with van der Waals surface area (Å²) >= 11 is 6.02. The third-order valence-corrected chi connectivity index (χ3v) is 3.80. The van der Waals surface area contributed by atoms with Gasteiger partial charge in [0.15, 0.2) is 5.69 Å². The van der Waals surface area contributed by atoms with Crippen molar-refractivity contribution in [3.63, 3.8) is 0 Å². The van der Waals surface area contributed by atoms with Crippen molar-refractivity contribution in [1.82, 2.24) is 20.0 Å². The molecule has 2 heterocycles. The summed E-state index contributed by atoms with van der Waals surface area (Å²) in [6.07, 6.45) is 3.81. The Balaban J connectivity index is 1.64. The van der Waals surface area contributed by atoms with Crippen molar-refractivity contribution in [2.45, 2.75) is 13.3 Å². The Labute approximate surface area is 155 Å². The summed E-state index contributed by atoms with van der Waals surface area (Å²) in [6, 6.07) is 10.7. The Morgan fingerprint density at radius 3 is 2.85 bits per heavy atom. The fraction of sp³-hybridized carbons (Fsp3) is 0.222. The van der Waals surface area contributed by atoms with Crippen molar-refractivity contribution in [2.75, 3.05) is 13.2 Å². The molecule has 0 saturated heterocycles. The van der Waals surface area contributed by atoms with Crippen LogP contribution >= 0.6 is 11.6 Å². The van der Waals surface area contributed by atoms with Crippen LogP contribution in [0.15, 0.2) is 48.8 Å². The van der Waals surface area contributed by atoms with Gasteiger partial charge in [-0.3, -0.25) is 4.98 Å². The molecule has 0 aliphatic carbocycles. The molecule has 3 aromatic rings. The Morgan fingerprint density at radius 2 is 2.12 bits per heavy atom. The van der Waals surface area contributed by atoms with Gasteiger partial charge in [-0.15, -0.1) is 5.10 Å². The average molecular weight is 373 g/mol. The minimum atomic E-state index is -0.537. The third-order valence-electron chi connectivity index (χ3n) is 3.56. The largest absolute Gasteiger partial charge is 0.488 e. The van der Waals surface area contributed by atoms with Gasteiger partial charge in [0.05, 0.1) is 17.6 Å². The van der Waals surface area contributed by atoms with Gasteiger partial charge in [-0.1, -0.05) is 29.8 Å². The summed E-state index contributed by atoms with van der Waals surface area (Å²) in [5, 5.41) is 8.62. The van der Waals surface area contributed by atoms with Gasteiger partial charge in [-0.2, -0.15) is 0 Å². The molecular weight excluding hydrogens is 356 g/mol. The Morgan fingerprint density at radius 1 is 1.23 bits per heavy atom. The Bertz CT molecular complexity index is 883. The van der Waals surface area contributed by atoms with E-state index in [1.54, 1.807) is 41.3 Å². The van der Waals surface area contributed by atoms with Crippen LogP contribution in [-0.4, -0.2) is 39.2 Å². The van der Waals surface area contributed by atoms with Crippen molar-refractivity contribution < 1.29 is 14.3 Å². The van der Waals surface area contributed by atoms with E-state index in [0.717, 1.165) is 5.69 Å². The lowest BCUT2D eigenvalue weighted by Crippen LogP contribution is -2.14. The normalized spacial score (nSPS) is 10.5. The molecule has 0 aliphatic rings. The molecule has 2 aromatic heterocycles. The number of pyridine rings is 1. The minimum Gasteiger partial charge on any atom is -0.488 e. The lowest BCUT2D eigenvalue weighted by atomic mass is 10.2. The standard InChI is InChI=1S/C18H17ClN4O3/c1-2-16-17(21-22-23(16)14-6-3-5-13(19)11-14)18(24)26-10-9-25-15-7-4-8-20-12-15/h3-8,11-12H,2,9-10H2,1H3. The zero-order valence-electron chi connectivity index (χ0n) is 14.1. The van der Waals surface area contributed by atoms with Crippen LogP contribution in [0.3, 0.4) is 0 Å². The second kappa shape index (κ2) is 8.44. The quantitative estimate of drug-likeness (QED) is 0.468. The van der Waals surface area contributed by atoms with Crippen molar-refractivity contribution >= 4 is 17.6 Å². The molecular formula is C18H17ClN4O3. The van der Waals surface area contributed by atoms with Gasteiger partial charge in [0.25, 0.3) is 0 Å². The number of nitrogens with zero attached hydrogens (tertiary/aromatic N) is 4. The first-order chi connectivity index (χ1) is 12.7. The minimum absolute atomic E-state index is 0.0981. The van der Waals surface area contributed by atoms with Gasteiger partial charge in [-0.25, -0.2) is 9.48 Å². The zero-order valence-corrected chi connectivity index (χ0v) is 14.9. The number of halogens is 1. The van der Waals surface area contributed by atoms with Gasteiger partial charge in [-0.05, 0) is 36.8 Å². The van der Waals surface area contributed by atoms with E-state index in [9.17, 15) is 4.79 Å². The SMILES string of the molecule is CCc1c(C(=O)OCCOc2cccnc2)nnn1-c1cccc(Cl)c1. The van der Waals surface area contributed by atoms with E-state index in [4.69, 9.17) is 21.1 Å². The van der Waals surface area contributed by atoms with E-state index in [2.05, 4.69) is 15.3 Å². The topological polar surface area (TPSA) is 79.1 Å². The predicted molar refractivity (Wildman–Crippen MR) is 95.8 cm³/mol. The molecule has 0 fully saturated rings. The molecule has 0 unspecified atom stereocenters. The van der Waals surface area contributed by atoms with Gasteiger partial charge in [0.1, 0.15) is 19.0 Å². The number of hydrogen-bond donors (Lipinski definition) is 0. The summed E-state index contributed by atoms with van der Waals surface area (Å²) in [6.45, 7) is 2.24. The maximum absolute atomic E-state index is 12.3. The second-order valence-electron chi connectivity index (χ2n) is 5.30. The number of carbonyl (C=O) groups excluding carboxylic acids is 1. The Kier molecular flexibility index (Phi) is 5.80. The number of aromatic nitrogens is 4. The molecule has 26 heavy (non-hydrogen) atoms. The monoisotopic (exact) mass is 372 g/mol. The van der Waals surface area contributed by atoms with E-state index in [-0.39, 0.29) is 18.9 Å². The average Bonchev–Trinajstić information content (AvgIpc) is 3.10. The van der Waals surface area contributed by atoms with Crippen LogP contribution in [0.2, 0.25) is 5.02 Å². The van der Waals surface area contributed by atoms with Gasteiger partial charge in [0.2, 0.25) is 0 Å². The molecule has 0 amide bonds. The molecule has 134 valence electrons. The molecule has 0 bridgehead atoms. The fourth-order valence-corrected chi connectivity index (χ4v) is 2.57. The molecule has 8 heteroatoms. The van der Waals surface area contributed by atoms with Crippen LogP contribution in [0.4, 0.5) is 0 Å². The zero-order chi connectivity index (χ0) is 18.4. The van der Waals surface area contributed by atoms with Crippen molar-refractivity contribution in [2.24, 2.45) is 0 Å². The van der Waals surface area contributed by atoms with E-state index in [0.29, 0.717) is 22.9 Å². The summed E-state index contributed by atoms with van der Waals surface area (Å²) in [5.41, 5.74) is 1.58. The molecule has 0 spiro atoms. The Hall–Kier alpha value is -2.93. The van der Waals surface area contributed by atoms with E-state index in [1.807, 2.05) is 19.1 Å². The molecule has 7 nitrogen and oxygen atoms in total. The summed E-state index contributed by atoms with van der Waals surface area (Å²) in [4.78, 5) is 16.3. The van der Waals surface area contributed by atoms with Crippen LogP contribution in [0, 0.1) is 0 Å². The molecule has 1 aromatic carbocycles. The lowest BCUT2D eigenvalue weighted by molar-refractivity contribution is 0.0442. The highest BCUT2D eigenvalue weighted by atomic mass is 35.5. The first-order valence-electron chi connectivity index (χ1n) is 8.09. The maximum atomic E-state index is 12.3. The molecule has 0 saturated carbocycles. The van der Waals surface area contributed by atoms with E-state index in [1.165, 1.54) is 0 Å². The van der Waals surface area contributed by atoms with Crippen LogP contribution in [0.25, 0.3) is 5.69 Å². The summed E-state index contributed by atoms with van der Waals surface area (Å²) < 4.78 is 12.3. The molecule has 0 atom stereocenters. The second-order valence-corrected chi connectivity index (χ2v) is 5.74. The predicted octanol–water partition coefficient (Wildman–Crippen LogP) is 3.11. The van der Waals surface area contributed by atoms with Crippen LogP contribution in [0.1, 0.15) is 23.1 Å². The van der Waals surface area contributed by atoms with Gasteiger partial charge in [0, 0.05) is 11.2 Å². The smallest absolute Gasteiger partial charge is 0.360 e. The number of esters is 1. The number of benzene rings is 1. The highest BCUT2D eigenvalue weighted by molar-refractivity contribution is 6.30. The van der Waals surface area contributed by atoms with Crippen molar-refractivity contribution in [1.29, 1.82) is 0 Å². The molecule has 0 radical (unpaired) electrons. The fourth-order valence-electron chi connectivity index (χ4n) is 2.39. The highest BCUT2D eigenvalue weighted by Crippen LogP contribution is 2.18. The highest BCUT2D eigenvalue weighted by Gasteiger charge is 2.20. The van der Waals surface area contributed by atoms with E-state index < -0.39 is 5.97 Å². The van der Waals surface area contributed by atoms with E-state index >= 15 is 0 Å². The molecule has 0 N–H and O–H groups in total. The molecule has 3 rings (SSSR count). The molecule has 0 aliphatic heterocycles. The number of rotatable bonds is 7. The van der Waals surface area contributed by atoms with Crippen molar-refractivity contribution in [3.8, 4) is 11.4 Å². The van der Waals surface area contributed by atoms with Crippen LogP contribution in [-0.2, 0) is 11.2 Å². The van der Waals surface area contributed by atoms with Crippen molar-refractivity contribution in [3.05, 3.63) is 65.2 Å². The number of carbonyl (C=O) groups is 1. The van der Waals surface area contributed by atoms with Crippen LogP contribution in [0.5, 0.6) is 5.75 Å². The number of hydrogen-bond acceptors (Lipinski definition) is 6. The number of ether oxygens (including phenoxy) is 2.